The molecule has 0 saturated carbocycles. The van der Waals surface area contributed by atoms with Gasteiger partial charge in [0.25, 0.3) is 5.91 Å². The summed E-state index contributed by atoms with van der Waals surface area (Å²) in [5, 5.41) is 0. The van der Waals surface area contributed by atoms with Gasteiger partial charge in [0, 0.05) is 13.6 Å². The number of amides is 1. The zero-order valence-electron chi connectivity index (χ0n) is 15.2. The molecule has 0 aliphatic carbocycles. The molecule has 0 aliphatic rings. The van der Waals surface area contributed by atoms with Crippen molar-refractivity contribution in [1.82, 2.24) is 4.90 Å². The van der Waals surface area contributed by atoms with Crippen molar-refractivity contribution in [3.05, 3.63) is 65.2 Å². The number of hydrogen-bond donors (Lipinski definition) is 0. The number of benzene rings is 2. The fourth-order valence-corrected chi connectivity index (χ4v) is 2.71. The van der Waals surface area contributed by atoms with Gasteiger partial charge in [0.1, 0.15) is 5.75 Å². The Kier molecular flexibility index (Phi) is 6.02. The molecule has 0 unspecified atom stereocenters. The maximum atomic E-state index is 12.6. The summed E-state index contributed by atoms with van der Waals surface area (Å²) < 4.78 is 6.02. The number of aryl methyl sites for hydroxylation is 1. The van der Waals surface area contributed by atoms with Crippen LogP contribution in [0.4, 0.5) is 0 Å². The minimum atomic E-state index is -0.516. The molecule has 1 amide bonds. The molecule has 2 aromatic rings. The largest absolute Gasteiger partial charge is 0.481 e. The van der Waals surface area contributed by atoms with Gasteiger partial charge in [-0.2, -0.15) is 0 Å². The Morgan fingerprint density at radius 3 is 2.38 bits per heavy atom. The van der Waals surface area contributed by atoms with Crippen molar-refractivity contribution in [1.29, 1.82) is 0 Å². The van der Waals surface area contributed by atoms with Gasteiger partial charge < -0.3 is 9.64 Å². The lowest BCUT2D eigenvalue weighted by Gasteiger charge is -2.24. The Bertz CT molecular complexity index is 679. The van der Waals surface area contributed by atoms with E-state index in [0.29, 0.717) is 12.5 Å². The Labute approximate surface area is 145 Å². The number of carbonyl (C=O) groups excluding carboxylic acids is 1. The van der Waals surface area contributed by atoms with E-state index in [4.69, 9.17) is 4.74 Å². The van der Waals surface area contributed by atoms with Gasteiger partial charge in [-0.15, -0.1) is 0 Å². The maximum absolute atomic E-state index is 12.6. The Hall–Kier alpha value is -2.29. The molecule has 0 spiro atoms. The first kappa shape index (κ1) is 18.1. The van der Waals surface area contributed by atoms with Crippen molar-refractivity contribution in [3.63, 3.8) is 0 Å². The van der Waals surface area contributed by atoms with Gasteiger partial charge in [0.2, 0.25) is 0 Å². The molecular weight excluding hydrogens is 298 g/mol. The maximum Gasteiger partial charge on any atom is 0.263 e. The fraction of sp³-hybridized carbons (Fsp3) is 0.381. The summed E-state index contributed by atoms with van der Waals surface area (Å²) in [6, 6.07) is 16.2. The van der Waals surface area contributed by atoms with Gasteiger partial charge >= 0.3 is 0 Å². The van der Waals surface area contributed by atoms with Crippen LogP contribution in [-0.2, 0) is 11.3 Å². The molecule has 0 radical (unpaired) electrons. The molecule has 0 heterocycles. The highest BCUT2D eigenvalue weighted by molar-refractivity contribution is 5.80. The van der Waals surface area contributed by atoms with Crippen LogP contribution in [0, 0.1) is 6.92 Å². The lowest BCUT2D eigenvalue weighted by Crippen LogP contribution is -2.37. The Morgan fingerprint density at radius 2 is 1.75 bits per heavy atom. The van der Waals surface area contributed by atoms with Crippen LogP contribution in [-0.4, -0.2) is 24.0 Å². The van der Waals surface area contributed by atoms with E-state index < -0.39 is 6.10 Å². The average Bonchev–Trinajstić information content (AvgIpc) is 2.54. The van der Waals surface area contributed by atoms with Crippen molar-refractivity contribution in [2.45, 2.75) is 46.3 Å². The molecule has 24 heavy (non-hydrogen) atoms. The van der Waals surface area contributed by atoms with Crippen LogP contribution in [0.3, 0.4) is 0 Å². The van der Waals surface area contributed by atoms with E-state index in [2.05, 4.69) is 26.0 Å². The second kappa shape index (κ2) is 8.00. The number of ether oxygens (including phenoxy) is 1. The minimum Gasteiger partial charge on any atom is -0.481 e. The number of carbonyl (C=O) groups is 1. The second-order valence-electron chi connectivity index (χ2n) is 6.64. The van der Waals surface area contributed by atoms with Crippen molar-refractivity contribution < 1.29 is 9.53 Å². The van der Waals surface area contributed by atoms with E-state index in [1.165, 1.54) is 0 Å². The highest BCUT2D eigenvalue weighted by Crippen LogP contribution is 2.28. The highest BCUT2D eigenvalue weighted by atomic mass is 16.5. The molecule has 128 valence electrons. The molecule has 0 aliphatic heterocycles. The first-order valence-corrected chi connectivity index (χ1v) is 8.44. The summed E-state index contributed by atoms with van der Waals surface area (Å²) >= 11 is 0. The topological polar surface area (TPSA) is 29.5 Å². The van der Waals surface area contributed by atoms with E-state index in [1.807, 2.05) is 57.3 Å². The molecular formula is C21H27NO2. The molecule has 1 atom stereocenters. The quantitative estimate of drug-likeness (QED) is 0.780. The number of nitrogens with zero attached hydrogens (tertiary/aromatic N) is 1. The number of hydrogen-bond acceptors (Lipinski definition) is 2. The first-order chi connectivity index (χ1) is 11.4. The predicted octanol–water partition coefficient (Wildman–Crippen LogP) is 4.54. The molecule has 2 rings (SSSR count). The van der Waals surface area contributed by atoms with Gasteiger partial charge in [-0.3, -0.25) is 4.79 Å². The van der Waals surface area contributed by atoms with Gasteiger partial charge in [-0.1, -0.05) is 56.3 Å². The smallest absolute Gasteiger partial charge is 0.263 e. The molecule has 2 aromatic carbocycles. The van der Waals surface area contributed by atoms with E-state index in [9.17, 15) is 4.79 Å². The van der Waals surface area contributed by atoms with Crippen LogP contribution < -0.4 is 4.74 Å². The molecule has 0 bridgehead atoms. The summed E-state index contributed by atoms with van der Waals surface area (Å²) in [5.41, 5.74) is 3.37. The molecule has 0 fully saturated rings. The van der Waals surface area contributed by atoms with Crippen LogP contribution in [0.5, 0.6) is 5.75 Å². The summed E-state index contributed by atoms with van der Waals surface area (Å²) in [7, 11) is 1.81. The van der Waals surface area contributed by atoms with Gasteiger partial charge in [-0.05, 0) is 42.5 Å². The van der Waals surface area contributed by atoms with Crippen LogP contribution >= 0.6 is 0 Å². The summed E-state index contributed by atoms with van der Waals surface area (Å²) in [6.07, 6.45) is -0.516. The third-order valence-electron chi connectivity index (χ3n) is 4.08. The van der Waals surface area contributed by atoms with E-state index >= 15 is 0 Å². The predicted molar refractivity (Wildman–Crippen MR) is 98.3 cm³/mol. The van der Waals surface area contributed by atoms with Gasteiger partial charge in [-0.25, -0.2) is 0 Å². The third kappa shape index (κ3) is 4.60. The third-order valence-corrected chi connectivity index (χ3v) is 4.08. The molecule has 3 heteroatoms. The van der Waals surface area contributed by atoms with Crippen molar-refractivity contribution in [2.75, 3.05) is 7.05 Å². The zero-order chi connectivity index (χ0) is 17.7. The lowest BCUT2D eigenvalue weighted by atomic mass is 10.0. The highest BCUT2D eigenvalue weighted by Gasteiger charge is 2.21. The van der Waals surface area contributed by atoms with Crippen LogP contribution in [0.25, 0.3) is 0 Å². The van der Waals surface area contributed by atoms with Crippen molar-refractivity contribution >= 4 is 5.91 Å². The number of likely N-dealkylation sites (N-methyl/N-ethyl adjacent to an activating group) is 1. The summed E-state index contributed by atoms with van der Waals surface area (Å²) in [4.78, 5) is 14.3. The lowest BCUT2D eigenvalue weighted by molar-refractivity contribution is -0.137. The standard InChI is InChI=1S/C21H27NO2/c1-15(2)19-12-11-16(3)13-20(19)24-17(4)21(23)22(5)14-18-9-7-6-8-10-18/h6-13,15,17H,14H2,1-5H3/t17-/m0/s1. The molecule has 3 nitrogen and oxygen atoms in total. The molecule has 0 aromatic heterocycles. The zero-order valence-corrected chi connectivity index (χ0v) is 15.2. The normalized spacial score (nSPS) is 12.1. The fourth-order valence-electron chi connectivity index (χ4n) is 2.71. The Balaban J connectivity index is 2.07. The summed E-state index contributed by atoms with van der Waals surface area (Å²) in [5.74, 6) is 1.14. The molecule has 0 saturated heterocycles. The van der Waals surface area contributed by atoms with Gasteiger partial charge in [0.05, 0.1) is 0 Å². The van der Waals surface area contributed by atoms with Crippen molar-refractivity contribution in [3.8, 4) is 5.75 Å². The van der Waals surface area contributed by atoms with E-state index in [1.54, 1.807) is 4.90 Å². The monoisotopic (exact) mass is 325 g/mol. The minimum absolute atomic E-state index is 0.0185. The van der Waals surface area contributed by atoms with Crippen LogP contribution in [0.2, 0.25) is 0 Å². The van der Waals surface area contributed by atoms with Crippen molar-refractivity contribution in [2.24, 2.45) is 0 Å². The SMILES string of the molecule is Cc1ccc(C(C)C)c(O[C@@H](C)C(=O)N(C)Cc2ccccc2)c1. The van der Waals surface area contributed by atoms with E-state index in [-0.39, 0.29) is 5.91 Å². The number of rotatable bonds is 6. The second-order valence-corrected chi connectivity index (χ2v) is 6.64. The first-order valence-electron chi connectivity index (χ1n) is 8.44. The average molecular weight is 325 g/mol. The van der Waals surface area contributed by atoms with E-state index in [0.717, 1.165) is 22.4 Å². The van der Waals surface area contributed by atoms with Crippen LogP contribution in [0.15, 0.2) is 48.5 Å². The molecule has 0 N–H and O–H groups in total. The summed E-state index contributed by atoms with van der Waals surface area (Å²) in [6.45, 7) is 8.69. The van der Waals surface area contributed by atoms with Crippen LogP contribution in [0.1, 0.15) is 43.4 Å². The Morgan fingerprint density at radius 1 is 1.08 bits per heavy atom. The van der Waals surface area contributed by atoms with Gasteiger partial charge in [0.15, 0.2) is 6.10 Å².